The first-order valence-electron chi connectivity index (χ1n) is 6.24. The van der Waals surface area contributed by atoms with E-state index in [9.17, 15) is 9.18 Å². The highest BCUT2D eigenvalue weighted by Crippen LogP contribution is 2.11. The highest BCUT2D eigenvalue weighted by Gasteiger charge is 2.05. The number of aryl methyl sites for hydroxylation is 1. The van der Waals surface area contributed by atoms with E-state index >= 15 is 0 Å². The molecular formula is C16H15FN2O. The molecule has 0 spiro atoms. The van der Waals surface area contributed by atoms with Crippen LogP contribution < -0.4 is 11.3 Å². The Morgan fingerprint density at radius 2 is 2.10 bits per heavy atom. The molecule has 1 aromatic heterocycles. The lowest BCUT2D eigenvalue weighted by Crippen LogP contribution is -2.19. The average molecular weight is 270 g/mol. The van der Waals surface area contributed by atoms with Gasteiger partial charge in [0.1, 0.15) is 5.82 Å². The van der Waals surface area contributed by atoms with Crippen molar-refractivity contribution in [2.75, 3.05) is 6.54 Å². The van der Waals surface area contributed by atoms with Gasteiger partial charge in [0.25, 0.3) is 5.56 Å². The maximum absolute atomic E-state index is 14.0. The van der Waals surface area contributed by atoms with Crippen molar-refractivity contribution in [2.45, 2.75) is 13.5 Å². The predicted molar refractivity (Wildman–Crippen MR) is 76.9 cm³/mol. The van der Waals surface area contributed by atoms with E-state index < -0.39 is 0 Å². The molecule has 0 aliphatic carbocycles. The topological polar surface area (TPSA) is 48.0 Å². The third-order valence-corrected chi connectivity index (χ3v) is 2.88. The molecule has 102 valence electrons. The molecule has 1 heterocycles. The van der Waals surface area contributed by atoms with Crippen LogP contribution in [0.15, 0.2) is 41.3 Å². The monoisotopic (exact) mass is 270 g/mol. The first-order chi connectivity index (χ1) is 9.60. The van der Waals surface area contributed by atoms with Crippen LogP contribution in [0.3, 0.4) is 0 Å². The van der Waals surface area contributed by atoms with E-state index in [0.29, 0.717) is 11.1 Å². The van der Waals surface area contributed by atoms with Crippen LogP contribution in [0.25, 0.3) is 0 Å². The lowest BCUT2D eigenvalue weighted by molar-refractivity contribution is 0.595. The van der Waals surface area contributed by atoms with Gasteiger partial charge in [-0.3, -0.25) is 4.79 Å². The summed E-state index contributed by atoms with van der Waals surface area (Å²) in [6.45, 7) is 2.29. The van der Waals surface area contributed by atoms with Crippen LogP contribution in [0.1, 0.15) is 16.7 Å². The molecule has 0 radical (unpaired) electrons. The van der Waals surface area contributed by atoms with Gasteiger partial charge in [-0.15, -0.1) is 0 Å². The summed E-state index contributed by atoms with van der Waals surface area (Å²) in [7, 11) is 0. The standard InChI is InChI=1S/C16H15FN2O/c1-12-6-8-19(16(20)9-12)11-14-5-4-13(3-2-7-18)10-15(14)17/h4-6,8-10H,7,11,18H2,1H3. The molecular weight excluding hydrogens is 255 g/mol. The Balaban J connectivity index is 2.28. The molecule has 0 aliphatic heterocycles. The van der Waals surface area contributed by atoms with Crippen molar-refractivity contribution < 1.29 is 4.39 Å². The van der Waals surface area contributed by atoms with Crippen LogP contribution in [0.4, 0.5) is 4.39 Å². The number of benzene rings is 1. The molecule has 2 rings (SSSR count). The molecule has 20 heavy (non-hydrogen) atoms. The summed E-state index contributed by atoms with van der Waals surface area (Å²) in [5.41, 5.74) is 7.05. The van der Waals surface area contributed by atoms with Crippen LogP contribution in [0.2, 0.25) is 0 Å². The normalized spacial score (nSPS) is 9.95. The van der Waals surface area contributed by atoms with E-state index in [0.717, 1.165) is 5.56 Å². The van der Waals surface area contributed by atoms with Gasteiger partial charge in [-0.25, -0.2) is 4.39 Å². The van der Waals surface area contributed by atoms with Crippen molar-refractivity contribution in [1.29, 1.82) is 0 Å². The molecule has 3 nitrogen and oxygen atoms in total. The van der Waals surface area contributed by atoms with Crippen molar-refractivity contribution in [3.05, 3.63) is 69.4 Å². The molecule has 0 bridgehead atoms. The second-order valence-electron chi connectivity index (χ2n) is 4.48. The maximum atomic E-state index is 14.0. The number of hydrogen-bond acceptors (Lipinski definition) is 2. The van der Waals surface area contributed by atoms with Gasteiger partial charge < -0.3 is 10.3 Å². The molecule has 0 atom stereocenters. The quantitative estimate of drug-likeness (QED) is 0.844. The molecule has 0 saturated heterocycles. The van der Waals surface area contributed by atoms with Gasteiger partial charge in [-0.05, 0) is 30.7 Å². The van der Waals surface area contributed by atoms with Crippen LogP contribution in [-0.4, -0.2) is 11.1 Å². The number of halogens is 1. The van der Waals surface area contributed by atoms with Gasteiger partial charge >= 0.3 is 0 Å². The van der Waals surface area contributed by atoms with Crippen LogP contribution in [-0.2, 0) is 6.54 Å². The number of nitrogens with zero attached hydrogens (tertiary/aromatic N) is 1. The van der Waals surface area contributed by atoms with Crippen LogP contribution in [0.5, 0.6) is 0 Å². The first-order valence-corrected chi connectivity index (χ1v) is 6.24. The first kappa shape index (κ1) is 14.0. The molecule has 2 aromatic rings. The fraction of sp³-hybridized carbons (Fsp3) is 0.188. The fourth-order valence-corrected chi connectivity index (χ4v) is 1.83. The molecule has 0 fully saturated rings. The van der Waals surface area contributed by atoms with E-state index in [1.807, 2.05) is 13.0 Å². The number of hydrogen-bond donors (Lipinski definition) is 1. The van der Waals surface area contributed by atoms with Crippen molar-refractivity contribution in [2.24, 2.45) is 5.73 Å². The second kappa shape index (κ2) is 6.18. The lowest BCUT2D eigenvalue weighted by Gasteiger charge is -2.07. The van der Waals surface area contributed by atoms with Gasteiger partial charge in [-0.2, -0.15) is 0 Å². The third-order valence-electron chi connectivity index (χ3n) is 2.88. The summed E-state index contributed by atoms with van der Waals surface area (Å²) in [6.07, 6.45) is 1.67. The van der Waals surface area contributed by atoms with Crippen molar-refractivity contribution in [3.63, 3.8) is 0 Å². The SMILES string of the molecule is Cc1ccn(Cc2ccc(C#CCN)cc2F)c(=O)c1. The Hall–Kier alpha value is -2.38. The zero-order valence-electron chi connectivity index (χ0n) is 11.2. The van der Waals surface area contributed by atoms with Gasteiger partial charge in [0.15, 0.2) is 0 Å². The molecule has 4 heteroatoms. The van der Waals surface area contributed by atoms with E-state index in [-0.39, 0.29) is 24.5 Å². The van der Waals surface area contributed by atoms with Gasteiger partial charge in [0, 0.05) is 23.4 Å². The molecule has 0 aliphatic rings. The summed E-state index contributed by atoms with van der Waals surface area (Å²) < 4.78 is 15.4. The maximum Gasteiger partial charge on any atom is 0.251 e. The van der Waals surface area contributed by atoms with Crippen LogP contribution in [0, 0.1) is 24.6 Å². The van der Waals surface area contributed by atoms with E-state index in [2.05, 4.69) is 11.8 Å². The minimum Gasteiger partial charge on any atom is -0.320 e. The van der Waals surface area contributed by atoms with Gasteiger partial charge in [0.05, 0.1) is 13.1 Å². The average Bonchev–Trinajstić information content (AvgIpc) is 2.42. The second-order valence-corrected chi connectivity index (χ2v) is 4.48. The van der Waals surface area contributed by atoms with Crippen molar-refractivity contribution >= 4 is 0 Å². The summed E-state index contributed by atoms with van der Waals surface area (Å²) in [6, 6.07) is 8.07. The lowest BCUT2D eigenvalue weighted by atomic mass is 10.1. The van der Waals surface area contributed by atoms with Gasteiger partial charge in [-0.1, -0.05) is 17.9 Å². The molecule has 0 unspecified atom stereocenters. The zero-order chi connectivity index (χ0) is 14.5. The van der Waals surface area contributed by atoms with Crippen LogP contribution >= 0.6 is 0 Å². The Morgan fingerprint density at radius 1 is 1.30 bits per heavy atom. The number of nitrogens with two attached hydrogens (primary N) is 1. The molecule has 2 N–H and O–H groups in total. The Morgan fingerprint density at radius 3 is 2.75 bits per heavy atom. The zero-order valence-corrected chi connectivity index (χ0v) is 11.2. The Labute approximate surface area is 116 Å². The fourth-order valence-electron chi connectivity index (χ4n) is 1.83. The largest absolute Gasteiger partial charge is 0.320 e. The minimum atomic E-state index is -0.374. The minimum absolute atomic E-state index is 0.142. The summed E-state index contributed by atoms with van der Waals surface area (Å²) in [5, 5.41) is 0. The molecule has 0 saturated carbocycles. The number of pyridine rings is 1. The highest BCUT2D eigenvalue weighted by atomic mass is 19.1. The molecule has 1 aromatic carbocycles. The smallest absolute Gasteiger partial charge is 0.251 e. The summed E-state index contributed by atoms with van der Waals surface area (Å²) >= 11 is 0. The third kappa shape index (κ3) is 3.34. The van der Waals surface area contributed by atoms with Crippen molar-refractivity contribution in [3.8, 4) is 11.8 Å². The Kier molecular flexibility index (Phi) is 4.34. The Bertz CT molecular complexity index is 738. The van der Waals surface area contributed by atoms with E-state index in [4.69, 9.17) is 5.73 Å². The predicted octanol–water partition coefficient (Wildman–Crippen LogP) is 1.65. The van der Waals surface area contributed by atoms with Gasteiger partial charge in [0.2, 0.25) is 0 Å². The number of aromatic nitrogens is 1. The number of rotatable bonds is 2. The van der Waals surface area contributed by atoms with E-state index in [1.165, 1.54) is 16.7 Å². The molecule has 0 amide bonds. The summed E-state index contributed by atoms with van der Waals surface area (Å²) in [4.78, 5) is 11.8. The van der Waals surface area contributed by atoms with E-state index in [1.54, 1.807) is 18.3 Å². The highest BCUT2D eigenvalue weighted by molar-refractivity contribution is 5.37. The summed E-state index contributed by atoms with van der Waals surface area (Å²) in [5.74, 6) is 5.07. The van der Waals surface area contributed by atoms with Crippen molar-refractivity contribution in [1.82, 2.24) is 4.57 Å².